The second-order valence-corrected chi connectivity index (χ2v) is 8.74. The lowest BCUT2D eigenvalue weighted by Gasteiger charge is -2.08. The van der Waals surface area contributed by atoms with E-state index < -0.39 is 0 Å². The molecule has 0 bridgehead atoms. The molecule has 0 aliphatic carbocycles. The van der Waals surface area contributed by atoms with Gasteiger partial charge in [0.2, 0.25) is 11.8 Å². The Morgan fingerprint density at radius 2 is 1.00 bits per heavy atom. The van der Waals surface area contributed by atoms with E-state index in [1.165, 1.54) is 38.5 Å². The molecule has 0 saturated heterocycles. The summed E-state index contributed by atoms with van der Waals surface area (Å²) in [5, 5.41) is 5.85. The number of unbranched alkanes of at least 4 members (excludes halogenated alkanes) is 8. The van der Waals surface area contributed by atoms with Gasteiger partial charge in [-0.05, 0) is 31.4 Å². The third-order valence-corrected chi connectivity index (χ3v) is 5.53. The van der Waals surface area contributed by atoms with Gasteiger partial charge in [-0.3, -0.25) is 9.59 Å². The van der Waals surface area contributed by atoms with Crippen molar-refractivity contribution >= 4 is 24.4 Å². The molecule has 0 aliphatic rings. The van der Waals surface area contributed by atoms with Crippen molar-refractivity contribution in [2.75, 3.05) is 72.2 Å². The van der Waals surface area contributed by atoms with Crippen LogP contribution in [0.15, 0.2) is 0 Å². The van der Waals surface area contributed by atoms with Gasteiger partial charge in [0, 0.05) is 33.0 Å². The topological polar surface area (TPSA) is 95.1 Å². The number of thiol groups is 1. The summed E-state index contributed by atoms with van der Waals surface area (Å²) in [4.78, 5) is 23.6. The summed E-state index contributed by atoms with van der Waals surface area (Å²) in [6.07, 6.45) is 12.4. The highest BCUT2D eigenvalue weighted by Crippen LogP contribution is 2.10. The number of carbonyl (C=O) groups excluding carboxylic acids is 2. The minimum Gasteiger partial charge on any atom is -0.382 e. The number of rotatable bonds is 27. The molecule has 0 aromatic heterocycles. The molecule has 0 aromatic carbocycles. The number of carbonyl (C=O) groups is 2. The SMILES string of the molecule is COCCOCCOCCOCCC(=O)NCCCCNC(=O)CCCCCCCCCCS. The highest BCUT2D eigenvalue weighted by atomic mass is 32.1. The van der Waals surface area contributed by atoms with Crippen LogP contribution in [0.5, 0.6) is 0 Å². The standard InChI is InChI=1S/C25H50N2O6S/c1-30-17-18-32-21-22-33-20-19-31-16-13-25(29)27-15-10-9-14-26-24(28)12-8-6-4-2-3-5-7-11-23-34/h34H,2-23H2,1H3,(H,26,28)(H,27,29). The number of nitrogens with one attached hydrogen (secondary N) is 2. The van der Waals surface area contributed by atoms with Crippen LogP contribution in [0.4, 0.5) is 0 Å². The lowest BCUT2D eigenvalue weighted by Crippen LogP contribution is -2.27. The Kier molecular flexibility index (Phi) is 27.6. The zero-order chi connectivity index (χ0) is 25.0. The molecular formula is C25H50N2O6S. The van der Waals surface area contributed by atoms with Crippen molar-refractivity contribution in [3.05, 3.63) is 0 Å². The molecular weight excluding hydrogens is 456 g/mol. The molecule has 0 heterocycles. The molecule has 0 unspecified atom stereocenters. The van der Waals surface area contributed by atoms with Crippen molar-refractivity contribution in [3.63, 3.8) is 0 Å². The van der Waals surface area contributed by atoms with Crippen LogP contribution in [-0.2, 0) is 28.5 Å². The molecule has 0 radical (unpaired) electrons. The van der Waals surface area contributed by atoms with Crippen molar-refractivity contribution in [1.82, 2.24) is 10.6 Å². The van der Waals surface area contributed by atoms with Crippen LogP contribution in [0.3, 0.4) is 0 Å². The normalized spacial score (nSPS) is 11.0. The molecule has 0 spiro atoms. The lowest BCUT2D eigenvalue weighted by atomic mass is 10.1. The first-order chi connectivity index (χ1) is 16.7. The molecule has 9 heteroatoms. The van der Waals surface area contributed by atoms with Crippen molar-refractivity contribution in [2.24, 2.45) is 0 Å². The van der Waals surface area contributed by atoms with Crippen molar-refractivity contribution in [3.8, 4) is 0 Å². The quantitative estimate of drug-likeness (QED) is 0.117. The molecule has 8 nitrogen and oxygen atoms in total. The zero-order valence-electron chi connectivity index (χ0n) is 21.5. The second kappa shape index (κ2) is 28.4. The van der Waals surface area contributed by atoms with Crippen LogP contribution in [0, 0.1) is 0 Å². The molecule has 0 rings (SSSR count). The van der Waals surface area contributed by atoms with Crippen LogP contribution in [-0.4, -0.2) is 84.0 Å². The number of amides is 2. The van der Waals surface area contributed by atoms with Gasteiger partial charge in [0.05, 0.1) is 46.2 Å². The maximum absolute atomic E-state index is 11.9. The average Bonchev–Trinajstić information content (AvgIpc) is 2.83. The van der Waals surface area contributed by atoms with E-state index in [1.807, 2.05) is 0 Å². The average molecular weight is 507 g/mol. The summed E-state index contributed by atoms with van der Waals surface area (Å²) in [7, 11) is 1.64. The smallest absolute Gasteiger partial charge is 0.222 e. The Bertz CT molecular complexity index is 457. The van der Waals surface area contributed by atoms with E-state index in [9.17, 15) is 9.59 Å². The first-order valence-corrected chi connectivity index (χ1v) is 13.7. The second-order valence-electron chi connectivity index (χ2n) is 8.29. The fourth-order valence-corrected chi connectivity index (χ4v) is 3.41. The summed E-state index contributed by atoms with van der Waals surface area (Å²) >= 11 is 4.23. The van der Waals surface area contributed by atoms with Gasteiger partial charge in [0.25, 0.3) is 0 Å². The van der Waals surface area contributed by atoms with Gasteiger partial charge < -0.3 is 29.6 Å². The van der Waals surface area contributed by atoms with Crippen LogP contribution >= 0.6 is 12.6 Å². The fraction of sp³-hybridized carbons (Fsp3) is 0.920. The van der Waals surface area contributed by atoms with E-state index >= 15 is 0 Å². The Labute approximate surface area is 213 Å². The highest BCUT2D eigenvalue weighted by molar-refractivity contribution is 7.80. The largest absolute Gasteiger partial charge is 0.382 e. The van der Waals surface area contributed by atoms with Gasteiger partial charge in [-0.1, -0.05) is 38.5 Å². The van der Waals surface area contributed by atoms with E-state index in [0.29, 0.717) is 72.2 Å². The maximum atomic E-state index is 11.9. The van der Waals surface area contributed by atoms with Gasteiger partial charge >= 0.3 is 0 Å². The van der Waals surface area contributed by atoms with Crippen LogP contribution in [0.1, 0.15) is 77.0 Å². The van der Waals surface area contributed by atoms with E-state index in [2.05, 4.69) is 23.3 Å². The third-order valence-electron chi connectivity index (χ3n) is 5.21. The van der Waals surface area contributed by atoms with Gasteiger partial charge in [-0.15, -0.1) is 0 Å². The monoisotopic (exact) mass is 506 g/mol. The van der Waals surface area contributed by atoms with E-state index in [-0.39, 0.29) is 11.8 Å². The Morgan fingerprint density at radius 3 is 1.53 bits per heavy atom. The Balaban J connectivity index is 3.27. The van der Waals surface area contributed by atoms with E-state index in [0.717, 1.165) is 31.4 Å². The number of hydrogen-bond donors (Lipinski definition) is 3. The molecule has 2 N–H and O–H groups in total. The number of hydrogen-bond acceptors (Lipinski definition) is 7. The van der Waals surface area contributed by atoms with Crippen LogP contribution in [0.25, 0.3) is 0 Å². The first-order valence-electron chi connectivity index (χ1n) is 13.1. The highest BCUT2D eigenvalue weighted by Gasteiger charge is 2.03. The number of methoxy groups -OCH3 is 1. The predicted octanol–water partition coefficient (Wildman–Crippen LogP) is 3.53. The maximum Gasteiger partial charge on any atom is 0.222 e. The first kappa shape index (κ1) is 33.1. The van der Waals surface area contributed by atoms with E-state index in [4.69, 9.17) is 18.9 Å². The summed E-state index contributed by atoms with van der Waals surface area (Å²) in [6, 6.07) is 0. The van der Waals surface area contributed by atoms with Crippen molar-refractivity contribution in [1.29, 1.82) is 0 Å². The lowest BCUT2D eigenvalue weighted by molar-refractivity contribution is -0.123. The molecule has 0 fully saturated rings. The minimum atomic E-state index is -0.0156. The summed E-state index contributed by atoms with van der Waals surface area (Å²) < 4.78 is 20.9. The molecule has 0 saturated carbocycles. The third kappa shape index (κ3) is 27.4. The predicted molar refractivity (Wildman–Crippen MR) is 140 cm³/mol. The molecule has 0 atom stereocenters. The zero-order valence-corrected chi connectivity index (χ0v) is 22.3. The van der Waals surface area contributed by atoms with Gasteiger partial charge in [-0.25, -0.2) is 0 Å². The molecule has 34 heavy (non-hydrogen) atoms. The van der Waals surface area contributed by atoms with Crippen LogP contribution in [0.2, 0.25) is 0 Å². The Hall–Kier alpha value is -0.870. The summed E-state index contributed by atoms with van der Waals surface area (Å²) in [5.41, 5.74) is 0. The van der Waals surface area contributed by atoms with E-state index in [1.54, 1.807) is 7.11 Å². The Morgan fingerprint density at radius 1 is 0.559 bits per heavy atom. The minimum absolute atomic E-state index is 0.0156. The van der Waals surface area contributed by atoms with Gasteiger partial charge in [0.1, 0.15) is 0 Å². The molecule has 0 aromatic rings. The fourth-order valence-electron chi connectivity index (χ4n) is 3.19. The molecule has 2 amide bonds. The van der Waals surface area contributed by atoms with Gasteiger partial charge in [-0.2, -0.15) is 12.6 Å². The molecule has 0 aliphatic heterocycles. The molecule has 202 valence electrons. The summed E-state index contributed by atoms with van der Waals surface area (Å²) in [5.74, 6) is 1.11. The van der Waals surface area contributed by atoms with Crippen LogP contribution < -0.4 is 10.6 Å². The number of ether oxygens (including phenoxy) is 4. The van der Waals surface area contributed by atoms with Crippen molar-refractivity contribution in [2.45, 2.75) is 77.0 Å². The summed E-state index contributed by atoms with van der Waals surface area (Å²) in [6.45, 7) is 4.82. The van der Waals surface area contributed by atoms with Crippen molar-refractivity contribution < 1.29 is 28.5 Å². The van der Waals surface area contributed by atoms with Gasteiger partial charge in [0.15, 0.2) is 0 Å².